The van der Waals surface area contributed by atoms with Crippen LogP contribution in [0.5, 0.6) is 0 Å². The largest absolute Gasteiger partial charge is 0.481 e. The summed E-state index contributed by atoms with van der Waals surface area (Å²) in [7, 11) is 1.49. The fraction of sp³-hybridized carbons (Fsp3) is 0.412. The summed E-state index contributed by atoms with van der Waals surface area (Å²) in [4.78, 5) is 27.3. The van der Waals surface area contributed by atoms with Crippen LogP contribution in [0, 0.1) is 5.41 Å². The average Bonchev–Trinajstić information content (AvgIpc) is 3.28. The molecule has 1 aliphatic rings. The average molecular weight is 348 g/mol. The van der Waals surface area contributed by atoms with Crippen LogP contribution in [0.3, 0.4) is 0 Å². The first-order valence-corrected chi connectivity index (χ1v) is 8.63. The van der Waals surface area contributed by atoms with Crippen LogP contribution in [-0.2, 0) is 16.1 Å². The molecule has 0 bridgehead atoms. The van der Waals surface area contributed by atoms with Gasteiger partial charge >= 0.3 is 5.97 Å². The number of hydrogen-bond acceptors (Lipinski definition) is 4. The lowest BCUT2D eigenvalue weighted by molar-refractivity contribution is -0.151. The summed E-state index contributed by atoms with van der Waals surface area (Å²) < 4.78 is 6.99. The second-order valence-electron chi connectivity index (χ2n) is 6.10. The van der Waals surface area contributed by atoms with Crippen LogP contribution in [-0.4, -0.2) is 53.3 Å². The number of thiophene rings is 1. The molecule has 3 heterocycles. The molecule has 1 saturated heterocycles. The van der Waals surface area contributed by atoms with Gasteiger partial charge in [0.25, 0.3) is 5.91 Å². The minimum atomic E-state index is -1.00. The normalized spacial score (nSPS) is 20.5. The van der Waals surface area contributed by atoms with Crippen molar-refractivity contribution in [3.05, 3.63) is 46.4 Å². The molecule has 0 saturated carbocycles. The molecule has 3 rings (SSSR count). The van der Waals surface area contributed by atoms with Gasteiger partial charge in [0.05, 0.1) is 13.2 Å². The smallest absolute Gasteiger partial charge is 0.313 e. The monoisotopic (exact) mass is 348 g/mol. The molecule has 7 heteroatoms. The van der Waals surface area contributed by atoms with Crippen molar-refractivity contribution in [3.63, 3.8) is 0 Å². The fourth-order valence-electron chi connectivity index (χ4n) is 3.15. The van der Waals surface area contributed by atoms with Crippen LogP contribution in [0.4, 0.5) is 0 Å². The van der Waals surface area contributed by atoms with Gasteiger partial charge in [-0.05, 0) is 30.0 Å². The topological polar surface area (TPSA) is 71.8 Å². The number of likely N-dealkylation sites (tertiary alicyclic amines) is 1. The molecular weight excluding hydrogens is 328 g/mol. The number of aliphatic carboxylic acids is 1. The van der Waals surface area contributed by atoms with Crippen molar-refractivity contribution in [2.75, 3.05) is 26.8 Å². The van der Waals surface area contributed by atoms with Crippen molar-refractivity contribution < 1.29 is 19.4 Å². The Morgan fingerprint density at radius 3 is 2.88 bits per heavy atom. The summed E-state index contributed by atoms with van der Waals surface area (Å²) in [6.45, 7) is 1.36. The zero-order valence-corrected chi connectivity index (χ0v) is 14.3. The van der Waals surface area contributed by atoms with E-state index >= 15 is 0 Å². The molecule has 1 amide bonds. The lowest BCUT2D eigenvalue weighted by Gasteiger charge is -2.24. The quantitative estimate of drug-likeness (QED) is 0.868. The minimum Gasteiger partial charge on any atom is -0.481 e. The van der Waals surface area contributed by atoms with E-state index in [-0.39, 0.29) is 19.1 Å². The predicted molar refractivity (Wildman–Crippen MR) is 90.3 cm³/mol. The molecule has 2 aromatic heterocycles. The Morgan fingerprint density at radius 2 is 2.21 bits per heavy atom. The summed E-state index contributed by atoms with van der Waals surface area (Å²) in [5.41, 5.74) is -0.419. The lowest BCUT2D eigenvalue weighted by Crippen LogP contribution is -2.40. The predicted octanol–water partition coefficient (Wildman–Crippen LogP) is 2.16. The van der Waals surface area contributed by atoms with E-state index in [9.17, 15) is 14.7 Å². The van der Waals surface area contributed by atoms with Gasteiger partial charge in [-0.1, -0.05) is 6.07 Å². The van der Waals surface area contributed by atoms with Gasteiger partial charge in [-0.3, -0.25) is 9.59 Å². The molecule has 1 aliphatic heterocycles. The third kappa shape index (κ3) is 3.09. The van der Waals surface area contributed by atoms with Crippen molar-refractivity contribution >= 4 is 23.2 Å². The zero-order valence-electron chi connectivity index (χ0n) is 13.5. The van der Waals surface area contributed by atoms with E-state index in [1.54, 1.807) is 22.3 Å². The van der Waals surface area contributed by atoms with Gasteiger partial charge in [0.1, 0.15) is 11.1 Å². The summed E-state index contributed by atoms with van der Waals surface area (Å²) in [6.07, 6.45) is 2.29. The number of carboxylic acid groups (broad SMARTS) is 1. The van der Waals surface area contributed by atoms with Crippen molar-refractivity contribution in [1.82, 2.24) is 9.47 Å². The highest BCUT2D eigenvalue weighted by Gasteiger charge is 2.46. The Labute approximate surface area is 144 Å². The number of aromatic nitrogens is 1. The van der Waals surface area contributed by atoms with Gasteiger partial charge in [-0.25, -0.2) is 0 Å². The third-order valence-electron chi connectivity index (χ3n) is 4.47. The second-order valence-corrected chi connectivity index (χ2v) is 7.13. The van der Waals surface area contributed by atoms with Gasteiger partial charge in [0, 0.05) is 31.3 Å². The number of methoxy groups -OCH3 is 1. The molecule has 0 aromatic carbocycles. The van der Waals surface area contributed by atoms with Crippen molar-refractivity contribution in [2.24, 2.45) is 5.41 Å². The highest BCUT2D eigenvalue weighted by Crippen LogP contribution is 2.32. The second kappa shape index (κ2) is 6.78. The minimum absolute atomic E-state index is 0.113. The van der Waals surface area contributed by atoms with Crippen LogP contribution < -0.4 is 0 Å². The van der Waals surface area contributed by atoms with E-state index in [1.807, 2.05) is 34.3 Å². The van der Waals surface area contributed by atoms with E-state index in [0.29, 0.717) is 25.2 Å². The van der Waals surface area contributed by atoms with Crippen LogP contribution >= 0.6 is 11.3 Å². The number of rotatable bonds is 6. The Kier molecular flexibility index (Phi) is 4.73. The number of nitrogens with zero attached hydrogens (tertiary/aromatic N) is 2. The van der Waals surface area contributed by atoms with Gasteiger partial charge in [-0.15, -0.1) is 11.3 Å². The van der Waals surface area contributed by atoms with Gasteiger partial charge in [0.2, 0.25) is 0 Å². The number of carbonyl (C=O) groups is 2. The summed E-state index contributed by atoms with van der Waals surface area (Å²) in [6, 6.07) is 7.64. The molecule has 2 aromatic rings. The maximum Gasteiger partial charge on any atom is 0.313 e. The summed E-state index contributed by atoms with van der Waals surface area (Å²) in [5.74, 6) is -1.04. The number of amides is 1. The van der Waals surface area contributed by atoms with Crippen LogP contribution in [0.25, 0.3) is 0 Å². The molecule has 1 fully saturated rings. The van der Waals surface area contributed by atoms with Crippen LogP contribution in [0.15, 0.2) is 35.8 Å². The Bertz CT molecular complexity index is 725. The van der Waals surface area contributed by atoms with E-state index in [4.69, 9.17) is 4.74 Å². The summed E-state index contributed by atoms with van der Waals surface area (Å²) >= 11 is 1.64. The Hall–Kier alpha value is -2.12. The SMILES string of the molecule is COCC1(C(=O)O)CCN(C(=O)c2cccn2Cc2cccs2)C1. The Morgan fingerprint density at radius 1 is 1.38 bits per heavy atom. The molecule has 6 nitrogen and oxygen atoms in total. The zero-order chi connectivity index (χ0) is 17.2. The maximum atomic E-state index is 12.8. The van der Waals surface area contributed by atoms with Crippen molar-refractivity contribution in [3.8, 4) is 0 Å². The molecule has 0 radical (unpaired) electrons. The molecule has 128 valence electrons. The molecular formula is C17H20N2O4S. The van der Waals surface area contributed by atoms with E-state index in [2.05, 4.69) is 0 Å². The standard InChI is InChI=1S/C17H20N2O4S/c1-23-12-17(16(21)22)6-8-19(11-17)15(20)14-5-2-7-18(14)10-13-4-3-9-24-13/h2-5,7,9H,6,8,10-12H2,1H3,(H,21,22). The molecule has 0 aliphatic carbocycles. The first-order valence-electron chi connectivity index (χ1n) is 7.75. The van der Waals surface area contributed by atoms with Gasteiger partial charge in [0.15, 0.2) is 0 Å². The molecule has 1 unspecified atom stereocenters. The fourth-order valence-corrected chi connectivity index (χ4v) is 3.86. The van der Waals surface area contributed by atoms with Gasteiger partial charge < -0.3 is 19.3 Å². The molecule has 1 atom stereocenters. The number of carboxylic acids is 1. The lowest BCUT2D eigenvalue weighted by atomic mass is 9.88. The molecule has 0 spiro atoms. The third-order valence-corrected chi connectivity index (χ3v) is 5.33. The van der Waals surface area contributed by atoms with Crippen LogP contribution in [0.1, 0.15) is 21.8 Å². The highest BCUT2D eigenvalue weighted by atomic mass is 32.1. The Balaban J connectivity index is 1.76. The first kappa shape index (κ1) is 16.7. The number of ether oxygens (including phenoxy) is 1. The first-order chi connectivity index (χ1) is 11.6. The maximum absolute atomic E-state index is 12.8. The van der Waals surface area contributed by atoms with Crippen molar-refractivity contribution in [2.45, 2.75) is 13.0 Å². The van der Waals surface area contributed by atoms with E-state index in [0.717, 1.165) is 0 Å². The van der Waals surface area contributed by atoms with Crippen LogP contribution in [0.2, 0.25) is 0 Å². The number of carbonyl (C=O) groups excluding carboxylic acids is 1. The summed E-state index contributed by atoms with van der Waals surface area (Å²) in [5, 5.41) is 11.5. The molecule has 1 N–H and O–H groups in total. The highest BCUT2D eigenvalue weighted by molar-refractivity contribution is 7.09. The molecule has 24 heavy (non-hydrogen) atoms. The van der Waals surface area contributed by atoms with E-state index in [1.165, 1.54) is 12.0 Å². The van der Waals surface area contributed by atoms with Gasteiger partial charge in [-0.2, -0.15) is 0 Å². The van der Waals surface area contributed by atoms with E-state index < -0.39 is 11.4 Å². The van der Waals surface area contributed by atoms with Crippen molar-refractivity contribution in [1.29, 1.82) is 0 Å². The number of hydrogen-bond donors (Lipinski definition) is 1.